The molecule has 0 saturated carbocycles. The van der Waals surface area contributed by atoms with Crippen LogP contribution in [0.3, 0.4) is 0 Å². The van der Waals surface area contributed by atoms with Crippen molar-refractivity contribution >= 4 is 22.4 Å². The van der Waals surface area contributed by atoms with Gasteiger partial charge in [-0.05, 0) is 54.3 Å². The van der Waals surface area contributed by atoms with Crippen molar-refractivity contribution in [2.75, 3.05) is 0 Å². The maximum Gasteiger partial charge on any atom is 0.261 e. The average Bonchev–Trinajstić information content (AvgIpc) is 2.76. The van der Waals surface area contributed by atoms with Crippen LogP contribution in [0.25, 0.3) is 16.5 Å². The molecule has 1 amide bonds. The highest BCUT2D eigenvalue weighted by atomic mass is 19.1. The lowest BCUT2D eigenvalue weighted by Gasteiger charge is -2.23. The maximum atomic E-state index is 13.4. The first-order valence-corrected chi connectivity index (χ1v) is 9.54. The molecule has 1 aliphatic carbocycles. The van der Waals surface area contributed by atoms with E-state index in [-0.39, 0.29) is 11.4 Å². The second-order valence-corrected chi connectivity index (χ2v) is 7.22. The van der Waals surface area contributed by atoms with Crippen LogP contribution in [-0.2, 0) is 11.3 Å². The number of halogens is 1. The predicted octanol–water partition coefficient (Wildman–Crippen LogP) is 3.38. The highest BCUT2D eigenvalue weighted by Gasteiger charge is 2.26. The fourth-order valence-corrected chi connectivity index (χ4v) is 3.77. The molecule has 2 aromatic carbocycles. The number of hydrogen-bond acceptors (Lipinski definition) is 4. The Morgan fingerprint density at radius 3 is 2.70 bits per heavy atom. The van der Waals surface area contributed by atoms with E-state index in [2.05, 4.69) is 4.98 Å². The number of nitrogens with one attached hydrogen (secondary N) is 1. The van der Waals surface area contributed by atoms with Crippen LogP contribution in [0, 0.1) is 18.7 Å². The van der Waals surface area contributed by atoms with Gasteiger partial charge in [-0.2, -0.15) is 0 Å². The molecular weight excluding hydrogens is 385 g/mol. The number of hydrogen-bond donors (Lipinski definition) is 2. The zero-order valence-corrected chi connectivity index (χ0v) is 16.3. The van der Waals surface area contributed by atoms with Gasteiger partial charge in [-0.1, -0.05) is 36.4 Å². The van der Waals surface area contributed by atoms with Crippen LogP contribution in [0.15, 0.2) is 71.1 Å². The Bertz CT molecular complexity index is 1240. The lowest BCUT2D eigenvalue weighted by atomic mass is 9.83. The van der Waals surface area contributed by atoms with Gasteiger partial charge in [0.05, 0.1) is 23.4 Å². The number of fused-ring (bicyclic) bond motifs is 1. The summed E-state index contributed by atoms with van der Waals surface area (Å²) in [6, 6.07) is 13.0. The number of carbonyl (C=O) groups is 1. The van der Waals surface area contributed by atoms with Gasteiger partial charge in [0.25, 0.3) is 11.5 Å². The molecule has 1 atom stereocenters. The molecule has 1 aliphatic rings. The summed E-state index contributed by atoms with van der Waals surface area (Å²) in [4.78, 5) is 29.7. The van der Waals surface area contributed by atoms with Crippen molar-refractivity contribution in [2.24, 2.45) is 5.92 Å². The molecule has 0 bridgehead atoms. The second kappa shape index (κ2) is 8.04. The summed E-state index contributed by atoms with van der Waals surface area (Å²) in [5, 5.41) is 9.65. The minimum absolute atomic E-state index is 0.133. The highest BCUT2D eigenvalue weighted by Crippen LogP contribution is 2.33. The number of allylic oxidation sites excluding steroid dienone is 3. The molecule has 1 heterocycles. The predicted molar refractivity (Wildman–Crippen MR) is 111 cm³/mol. The van der Waals surface area contributed by atoms with Gasteiger partial charge in [0.15, 0.2) is 0 Å². The van der Waals surface area contributed by atoms with Gasteiger partial charge in [-0.25, -0.2) is 14.9 Å². The van der Waals surface area contributed by atoms with Crippen molar-refractivity contribution in [3.63, 3.8) is 0 Å². The van der Waals surface area contributed by atoms with Gasteiger partial charge in [0.1, 0.15) is 11.6 Å². The molecule has 0 spiro atoms. The van der Waals surface area contributed by atoms with Crippen molar-refractivity contribution in [1.29, 1.82) is 0 Å². The van der Waals surface area contributed by atoms with Crippen LogP contribution in [0.2, 0.25) is 0 Å². The van der Waals surface area contributed by atoms with E-state index in [1.807, 2.05) is 18.2 Å². The summed E-state index contributed by atoms with van der Waals surface area (Å²) in [6.07, 6.45) is 4.03. The number of hydroxylamine groups is 1. The summed E-state index contributed by atoms with van der Waals surface area (Å²) in [5.41, 5.74) is 4.38. The largest absolute Gasteiger partial charge is 0.292 e. The molecule has 0 radical (unpaired) electrons. The van der Waals surface area contributed by atoms with Gasteiger partial charge < -0.3 is 0 Å². The monoisotopic (exact) mass is 405 g/mol. The van der Waals surface area contributed by atoms with Gasteiger partial charge in [0.2, 0.25) is 0 Å². The number of amides is 1. The molecule has 152 valence electrons. The van der Waals surface area contributed by atoms with Crippen molar-refractivity contribution in [3.05, 3.63) is 93.8 Å². The molecular formula is C23H20FN3O3. The molecule has 3 aromatic rings. The van der Waals surface area contributed by atoms with Crippen molar-refractivity contribution in [1.82, 2.24) is 15.0 Å². The first-order chi connectivity index (χ1) is 14.5. The Morgan fingerprint density at radius 1 is 1.23 bits per heavy atom. The van der Waals surface area contributed by atoms with E-state index in [0.717, 1.165) is 5.57 Å². The Morgan fingerprint density at radius 2 is 1.97 bits per heavy atom. The Balaban J connectivity index is 1.74. The molecule has 1 unspecified atom stereocenters. The molecule has 0 saturated heterocycles. The molecule has 1 aromatic heterocycles. The summed E-state index contributed by atoms with van der Waals surface area (Å²) >= 11 is 0. The number of benzene rings is 2. The first-order valence-electron chi connectivity index (χ1n) is 9.54. The molecule has 0 fully saturated rings. The number of carbonyl (C=O) groups excluding carboxylic acids is 1. The normalized spacial score (nSPS) is 16.2. The molecule has 2 N–H and O–H groups in total. The summed E-state index contributed by atoms with van der Waals surface area (Å²) in [7, 11) is 0. The fraction of sp³-hybridized carbons (Fsp3) is 0.174. The number of rotatable bonds is 4. The van der Waals surface area contributed by atoms with Crippen molar-refractivity contribution in [3.8, 4) is 0 Å². The van der Waals surface area contributed by atoms with Gasteiger partial charge >= 0.3 is 0 Å². The third kappa shape index (κ3) is 3.67. The van der Waals surface area contributed by atoms with Crippen molar-refractivity contribution in [2.45, 2.75) is 19.9 Å². The van der Waals surface area contributed by atoms with Crippen LogP contribution in [0.1, 0.15) is 17.8 Å². The van der Waals surface area contributed by atoms with Crippen molar-refractivity contribution < 1.29 is 14.4 Å². The Hall–Kier alpha value is -3.58. The van der Waals surface area contributed by atoms with E-state index in [4.69, 9.17) is 5.21 Å². The van der Waals surface area contributed by atoms with Crippen LogP contribution >= 0.6 is 0 Å². The van der Waals surface area contributed by atoms with Gasteiger partial charge in [-0.3, -0.25) is 19.4 Å². The number of aromatic nitrogens is 2. The van der Waals surface area contributed by atoms with Gasteiger partial charge in [-0.15, -0.1) is 0 Å². The van der Waals surface area contributed by atoms with E-state index in [0.29, 0.717) is 40.8 Å². The summed E-state index contributed by atoms with van der Waals surface area (Å²) < 4.78 is 15.0. The van der Waals surface area contributed by atoms with Crippen LogP contribution in [-0.4, -0.2) is 20.7 Å². The molecule has 0 aliphatic heterocycles. The Labute approximate surface area is 172 Å². The topological polar surface area (TPSA) is 84.2 Å². The van der Waals surface area contributed by atoms with E-state index in [1.165, 1.54) is 12.1 Å². The lowest BCUT2D eigenvalue weighted by molar-refractivity contribution is -0.131. The smallest absolute Gasteiger partial charge is 0.261 e. The second-order valence-electron chi connectivity index (χ2n) is 7.22. The third-order valence-electron chi connectivity index (χ3n) is 5.33. The summed E-state index contributed by atoms with van der Waals surface area (Å²) in [5.74, 6) is -0.941. The van der Waals surface area contributed by atoms with E-state index in [9.17, 15) is 14.0 Å². The standard InChI is InChI=1S/C23H20FN3O3/c1-14-25-21-5-3-2-4-19(21)23(29)27(14)13-15-6-11-18(22(28)26-30)20(12-15)16-7-9-17(24)10-8-16/h2-10,12,18,30H,11,13H2,1H3,(H,26,28). The molecule has 4 rings (SSSR count). The van der Waals surface area contributed by atoms with E-state index in [1.54, 1.807) is 47.3 Å². The van der Waals surface area contributed by atoms with E-state index >= 15 is 0 Å². The average molecular weight is 405 g/mol. The number of para-hydroxylation sites is 1. The number of nitrogens with zero attached hydrogens (tertiary/aromatic N) is 2. The zero-order valence-electron chi connectivity index (χ0n) is 16.3. The maximum absolute atomic E-state index is 13.4. The third-order valence-corrected chi connectivity index (χ3v) is 5.33. The molecule has 6 nitrogen and oxygen atoms in total. The minimum Gasteiger partial charge on any atom is -0.292 e. The summed E-state index contributed by atoms with van der Waals surface area (Å²) in [6.45, 7) is 2.07. The van der Waals surface area contributed by atoms with Crippen LogP contribution < -0.4 is 11.0 Å². The highest BCUT2D eigenvalue weighted by molar-refractivity contribution is 5.92. The zero-order chi connectivity index (χ0) is 21.3. The SMILES string of the molecule is Cc1nc2ccccc2c(=O)n1CC1=CCC(C(=O)NO)C(c2ccc(F)cc2)=C1. The number of aryl methyl sites for hydroxylation is 1. The van der Waals surface area contributed by atoms with Crippen LogP contribution in [0.4, 0.5) is 4.39 Å². The minimum atomic E-state index is -0.614. The first kappa shape index (κ1) is 19.7. The van der Waals surface area contributed by atoms with E-state index < -0.39 is 11.8 Å². The molecule has 30 heavy (non-hydrogen) atoms. The lowest BCUT2D eigenvalue weighted by Crippen LogP contribution is -2.30. The molecule has 7 heteroatoms. The fourth-order valence-electron chi connectivity index (χ4n) is 3.77. The Kier molecular flexibility index (Phi) is 5.29. The van der Waals surface area contributed by atoms with Crippen LogP contribution in [0.5, 0.6) is 0 Å². The van der Waals surface area contributed by atoms with Gasteiger partial charge in [0, 0.05) is 0 Å². The quantitative estimate of drug-likeness (QED) is 0.515.